The number of hydrogen-bond donors (Lipinski definition) is 3. The van der Waals surface area contributed by atoms with Crippen LogP contribution in [-0.2, 0) is 11.2 Å². The third-order valence-electron chi connectivity index (χ3n) is 5.86. The molecule has 0 spiro atoms. The van der Waals surface area contributed by atoms with Crippen LogP contribution >= 0.6 is 0 Å². The van der Waals surface area contributed by atoms with Crippen LogP contribution in [0.4, 0.5) is 13.2 Å². The number of hydrogen-bond acceptors (Lipinski definition) is 3. The summed E-state index contributed by atoms with van der Waals surface area (Å²) < 4.78 is 31.7. The molecule has 0 radical (unpaired) electrons. The lowest BCUT2D eigenvalue weighted by Crippen LogP contribution is -2.36. The van der Waals surface area contributed by atoms with E-state index in [1.54, 1.807) is 6.07 Å². The Morgan fingerprint density at radius 3 is 2.15 bits per heavy atom. The fraction of sp³-hybridized carbons (Fsp3) is 0.440. The van der Waals surface area contributed by atoms with Gasteiger partial charge in [0, 0.05) is 11.6 Å². The number of amides is 1. The van der Waals surface area contributed by atoms with Gasteiger partial charge in [0.15, 0.2) is 0 Å². The number of carboxylic acid groups (broad SMARTS) is 1. The first-order valence-corrected chi connectivity index (χ1v) is 10.9. The fourth-order valence-electron chi connectivity index (χ4n) is 3.74. The second-order valence-corrected chi connectivity index (χ2v) is 9.09. The largest absolute Gasteiger partial charge is 0.490 e. The summed E-state index contributed by atoms with van der Waals surface area (Å²) in [5, 5.41) is 10.8. The van der Waals surface area contributed by atoms with Crippen molar-refractivity contribution in [1.82, 2.24) is 5.32 Å². The molecule has 0 heterocycles. The summed E-state index contributed by atoms with van der Waals surface area (Å²) in [5.74, 6) is -3.15. The van der Waals surface area contributed by atoms with Crippen LogP contribution in [0.15, 0.2) is 48.5 Å². The molecule has 2 aromatic carbocycles. The van der Waals surface area contributed by atoms with Crippen molar-refractivity contribution in [1.29, 1.82) is 0 Å². The molecule has 4 N–H and O–H groups in total. The van der Waals surface area contributed by atoms with Gasteiger partial charge in [-0.2, -0.15) is 13.2 Å². The molecule has 2 aromatic rings. The van der Waals surface area contributed by atoms with E-state index in [1.165, 1.54) is 31.2 Å². The summed E-state index contributed by atoms with van der Waals surface area (Å²) in [4.78, 5) is 20.2. The number of primary amides is 1. The van der Waals surface area contributed by atoms with Crippen LogP contribution in [0, 0.1) is 5.41 Å². The highest BCUT2D eigenvalue weighted by atomic mass is 19.4. The Labute approximate surface area is 192 Å². The zero-order chi connectivity index (χ0) is 24.6. The molecule has 5 nitrogen and oxygen atoms in total. The van der Waals surface area contributed by atoms with Crippen LogP contribution in [0.2, 0.25) is 0 Å². The lowest BCUT2D eigenvalue weighted by Gasteiger charge is -2.34. The molecule has 0 unspecified atom stereocenters. The Balaban J connectivity index is 0.000000479. The Kier molecular flexibility index (Phi) is 9.05. The maximum atomic E-state index is 11.3. The highest BCUT2D eigenvalue weighted by Crippen LogP contribution is 2.35. The van der Waals surface area contributed by atoms with Crippen molar-refractivity contribution in [3.05, 3.63) is 59.7 Å². The van der Waals surface area contributed by atoms with E-state index in [0.717, 1.165) is 24.1 Å². The van der Waals surface area contributed by atoms with E-state index in [4.69, 9.17) is 15.6 Å². The number of nitrogens with two attached hydrogens (primary N) is 1. The highest BCUT2D eigenvalue weighted by Gasteiger charge is 2.38. The van der Waals surface area contributed by atoms with E-state index in [-0.39, 0.29) is 5.91 Å². The number of carbonyl (C=O) groups is 2. The van der Waals surface area contributed by atoms with E-state index in [1.807, 2.05) is 18.2 Å². The molecule has 0 aliphatic heterocycles. The van der Waals surface area contributed by atoms with Crippen molar-refractivity contribution >= 4 is 11.9 Å². The van der Waals surface area contributed by atoms with Crippen LogP contribution in [-0.4, -0.2) is 35.7 Å². The second kappa shape index (κ2) is 11.3. The summed E-state index contributed by atoms with van der Waals surface area (Å²) in [6, 6.07) is 16.8. The smallest absolute Gasteiger partial charge is 0.475 e. The summed E-state index contributed by atoms with van der Waals surface area (Å²) in [5.41, 5.74) is 9.92. The zero-order valence-corrected chi connectivity index (χ0v) is 18.9. The Hall–Kier alpha value is -2.87. The molecule has 180 valence electrons. The van der Waals surface area contributed by atoms with E-state index in [9.17, 15) is 18.0 Å². The lowest BCUT2D eigenvalue weighted by molar-refractivity contribution is -0.192. The van der Waals surface area contributed by atoms with Gasteiger partial charge < -0.3 is 16.2 Å². The maximum absolute atomic E-state index is 11.3. The number of rotatable bonds is 6. The molecule has 1 aliphatic rings. The average molecular weight is 465 g/mol. The molecule has 0 saturated heterocycles. The van der Waals surface area contributed by atoms with Crippen molar-refractivity contribution in [2.24, 2.45) is 11.1 Å². The Bertz CT molecular complexity index is 931. The lowest BCUT2D eigenvalue weighted by atomic mass is 9.75. The summed E-state index contributed by atoms with van der Waals surface area (Å²) >= 11 is 0. The number of benzene rings is 2. The molecule has 1 aliphatic carbocycles. The van der Waals surface area contributed by atoms with Gasteiger partial charge in [-0.25, -0.2) is 4.79 Å². The molecule has 0 bridgehead atoms. The zero-order valence-electron chi connectivity index (χ0n) is 18.9. The minimum Gasteiger partial charge on any atom is -0.475 e. The standard InChI is InChI=1S/C23H30N2O.C2HF3O2/c1-23(2)13-10-21(11-14-23)25-15-12-17-6-8-18(9-7-17)19-4-3-5-20(16-19)22(24)26;3-2(4,5)1(6)7/h3-9,16,21,25H,10-15H2,1-2H3,(H2,24,26);(H,6,7). The quantitative estimate of drug-likeness (QED) is 0.549. The van der Waals surface area contributed by atoms with Gasteiger partial charge in [0.2, 0.25) is 5.91 Å². The van der Waals surface area contributed by atoms with Crippen molar-refractivity contribution < 1.29 is 27.9 Å². The highest BCUT2D eigenvalue weighted by molar-refractivity contribution is 5.94. The summed E-state index contributed by atoms with van der Waals surface area (Å²) in [6.45, 7) is 5.79. The topological polar surface area (TPSA) is 92.4 Å². The van der Waals surface area contributed by atoms with Gasteiger partial charge in [-0.1, -0.05) is 50.2 Å². The van der Waals surface area contributed by atoms with Gasteiger partial charge >= 0.3 is 12.1 Å². The van der Waals surface area contributed by atoms with Crippen molar-refractivity contribution in [2.45, 2.75) is 58.2 Å². The first-order valence-electron chi connectivity index (χ1n) is 10.9. The SMILES string of the molecule is CC1(C)CCC(NCCc2ccc(-c3cccc(C(N)=O)c3)cc2)CC1.O=C(O)C(F)(F)F. The van der Waals surface area contributed by atoms with E-state index < -0.39 is 12.1 Å². The Morgan fingerprint density at radius 2 is 1.64 bits per heavy atom. The summed E-state index contributed by atoms with van der Waals surface area (Å²) in [6.07, 6.45) is 1.19. The van der Waals surface area contributed by atoms with E-state index >= 15 is 0 Å². The predicted molar refractivity (Wildman–Crippen MR) is 122 cm³/mol. The normalized spacial score (nSPS) is 15.9. The van der Waals surface area contributed by atoms with Gasteiger partial charge in [0.25, 0.3) is 0 Å². The molecular formula is C25H31F3N2O3. The molecule has 1 fully saturated rings. The Morgan fingerprint density at radius 1 is 1.06 bits per heavy atom. The molecule has 8 heteroatoms. The van der Waals surface area contributed by atoms with Crippen molar-refractivity contribution in [2.75, 3.05) is 6.54 Å². The first kappa shape index (κ1) is 26.4. The molecular weight excluding hydrogens is 433 g/mol. The van der Waals surface area contributed by atoms with E-state index in [2.05, 4.69) is 43.4 Å². The number of carbonyl (C=O) groups excluding carboxylic acids is 1. The van der Waals surface area contributed by atoms with Crippen molar-refractivity contribution in [3.63, 3.8) is 0 Å². The number of nitrogens with one attached hydrogen (secondary N) is 1. The first-order chi connectivity index (χ1) is 15.4. The minimum absolute atomic E-state index is 0.388. The van der Waals surface area contributed by atoms with Crippen molar-refractivity contribution in [3.8, 4) is 11.1 Å². The van der Waals surface area contributed by atoms with Gasteiger partial charge in [0.05, 0.1) is 0 Å². The van der Waals surface area contributed by atoms with Gasteiger partial charge in [-0.3, -0.25) is 4.79 Å². The van der Waals surface area contributed by atoms with Gasteiger partial charge in [-0.15, -0.1) is 0 Å². The predicted octanol–water partition coefficient (Wildman–Crippen LogP) is 5.19. The van der Waals surface area contributed by atoms with Crippen LogP contribution in [0.5, 0.6) is 0 Å². The molecule has 33 heavy (non-hydrogen) atoms. The molecule has 3 rings (SSSR count). The van der Waals surface area contributed by atoms with E-state index in [0.29, 0.717) is 17.0 Å². The molecule has 1 saturated carbocycles. The fourth-order valence-corrected chi connectivity index (χ4v) is 3.74. The van der Waals surface area contributed by atoms with Gasteiger partial charge in [-0.05, 0) is 72.9 Å². The minimum atomic E-state index is -5.08. The van der Waals surface area contributed by atoms with Crippen LogP contribution in [0.3, 0.4) is 0 Å². The van der Waals surface area contributed by atoms with Crippen LogP contribution < -0.4 is 11.1 Å². The number of carboxylic acids is 1. The number of halogens is 3. The van der Waals surface area contributed by atoms with Gasteiger partial charge in [0.1, 0.15) is 0 Å². The molecule has 0 aromatic heterocycles. The molecule has 0 atom stereocenters. The summed E-state index contributed by atoms with van der Waals surface area (Å²) in [7, 11) is 0. The average Bonchev–Trinajstić information content (AvgIpc) is 2.75. The van der Waals surface area contributed by atoms with Crippen LogP contribution in [0.1, 0.15) is 55.5 Å². The third-order valence-corrected chi connectivity index (χ3v) is 5.86. The maximum Gasteiger partial charge on any atom is 0.490 e. The third kappa shape index (κ3) is 8.88. The second-order valence-electron chi connectivity index (χ2n) is 9.09. The monoisotopic (exact) mass is 464 g/mol. The molecule has 1 amide bonds. The van der Waals surface area contributed by atoms with Crippen LogP contribution in [0.25, 0.3) is 11.1 Å². The number of aliphatic carboxylic acids is 1. The number of alkyl halides is 3.